The molecule has 1 fully saturated rings. The van der Waals surface area contributed by atoms with Gasteiger partial charge in [-0.1, -0.05) is 18.2 Å². The highest BCUT2D eigenvalue weighted by Crippen LogP contribution is 2.29. The van der Waals surface area contributed by atoms with Gasteiger partial charge < -0.3 is 19.4 Å². The van der Waals surface area contributed by atoms with E-state index in [1.54, 1.807) is 19.2 Å². The summed E-state index contributed by atoms with van der Waals surface area (Å²) >= 11 is 0. The lowest BCUT2D eigenvalue weighted by molar-refractivity contribution is -0.201. The second-order valence-corrected chi connectivity index (χ2v) is 13.2. The third-order valence-electron chi connectivity index (χ3n) is 7.80. The molecule has 1 aliphatic heterocycles. The molecule has 1 unspecified atom stereocenters. The number of sulfone groups is 1. The highest BCUT2D eigenvalue weighted by Gasteiger charge is 2.44. The van der Waals surface area contributed by atoms with Crippen LogP contribution in [0.5, 0.6) is 0 Å². The molecule has 10 nitrogen and oxygen atoms in total. The minimum atomic E-state index is -3.92. The second kappa shape index (κ2) is 14.0. The molecule has 0 radical (unpaired) electrons. The number of carbonyl (C=O) groups excluding carboxylic acids is 1. The molecule has 3 aromatic rings. The second-order valence-electron chi connectivity index (χ2n) is 10.8. The van der Waals surface area contributed by atoms with Crippen LogP contribution in [-0.4, -0.2) is 63.1 Å². The zero-order valence-electron chi connectivity index (χ0n) is 24.5. The van der Waals surface area contributed by atoms with Crippen LogP contribution in [0.2, 0.25) is 0 Å². The van der Waals surface area contributed by atoms with Crippen LogP contribution in [0.25, 0.3) is 21.9 Å². The van der Waals surface area contributed by atoms with Crippen molar-refractivity contribution in [1.82, 2.24) is 15.4 Å². The normalized spacial score (nSPS) is 17.1. The molecule has 43 heavy (non-hydrogen) atoms. The first-order valence-electron chi connectivity index (χ1n) is 14.0. The molecule has 0 spiro atoms. The number of benzene rings is 2. The summed E-state index contributed by atoms with van der Waals surface area (Å²) in [4.78, 5) is 31.6. The van der Waals surface area contributed by atoms with Crippen LogP contribution in [0, 0.1) is 11.6 Å². The fourth-order valence-corrected chi connectivity index (χ4v) is 5.65. The number of aryl methyl sites for hydroxylation is 1. The Kier molecular flexibility index (Phi) is 10.7. The molecule has 4 rings (SSSR count). The van der Waals surface area contributed by atoms with Gasteiger partial charge >= 0.3 is 0 Å². The molecule has 1 aliphatic rings. The highest BCUT2D eigenvalue weighted by molar-refractivity contribution is 7.92. The van der Waals surface area contributed by atoms with Crippen molar-refractivity contribution in [1.29, 1.82) is 0 Å². The fraction of sp³-hybridized carbons (Fsp3) is 0.467. The molecule has 0 bridgehead atoms. The standard InChI is InChI=1S/C30H37F2N3O7S/c1-30(43(3,38)39,29(37)34-42-25-6-4-5-16-41-25)12-15-35-14-11-21-18-20(7-10-24(21)28(35)36)23-9-8-22(26(31)27(23)32)19-33-13-17-40-2/h7-11,14,18,25,33H,4-6,12-13,15-17,19H2,1-3H3,(H,34,37)/t25?,30-/m1/s1. The lowest BCUT2D eigenvalue weighted by atomic mass is 9.99. The van der Waals surface area contributed by atoms with Crippen molar-refractivity contribution < 1.29 is 36.3 Å². The van der Waals surface area contributed by atoms with Gasteiger partial charge in [0.25, 0.3) is 11.5 Å². The Balaban J connectivity index is 1.51. The quantitative estimate of drug-likeness (QED) is 0.220. The van der Waals surface area contributed by atoms with Gasteiger partial charge in [0, 0.05) is 68.7 Å². The number of ether oxygens (including phenoxy) is 2. The number of halogens is 2. The molecule has 2 N–H and O–H groups in total. The van der Waals surface area contributed by atoms with Crippen LogP contribution in [0.1, 0.15) is 38.2 Å². The average molecular weight is 622 g/mol. The number of aromatic nitrogens is 1. The summed E-state index contributed by atoms with van der Waals surface area (Å²) < 4.78 is 64.9. The number of carbonyl (C=O) groups is 1. The molecule has 2 aromatic carbocycles. The number of hydrogen-bond donors (Lipinski definition) is 2. The van der Waals surface area contributed by atoms with Crippen molar-refractivity contribution in [3.63, 3.8) is 0 Å². The largest absolute Gasteiger partial charge is 0.383 e. The summed E-state index contributed by atoms with van der Waals surface area (Å²) in [7, 11) is -2.37. The van der Waals surface area contributed by atoms with E-state index in [1.807, 2.05) is 0 Å². The molecule has 1 aromatic heterocycles. The lowest BCUT2D eigenvalue weighted by Gasteiger charge is -2.28. The number of nitrogens with zero attached hydrogens (tertiary/aromatic N) is 1. The molecule has 2 atom stereocenters. The number of nitrogens with one attached hydrogen (secondary N) is 2. The third kappa shape index (κ3) is 7.47. The van der Waals surface area contributed by atoms with Gasteiger partial charge in [0.05, 0.1) is 6.61 Å². The van der Waals surface area contributed by atoms with Crippen LogP contribution in [0.4, 0.5) is 8.78 Å². The third-order valence-corrected chi connectivity index (χ3v) is 9.82. The van der Waals surface area contributed by atoms with Gasteiger partial charge in [-0.25, -0.2) is 27.5 Å². The first-order chi connectivity index (χ1) is 20.5. The maximum absolute atomic E-state index is 15.0. The Labute approximate surface area is 249 Å². The number of fused-ring (bicyclic) bond motifs is 1. The molecule has 2 heterocycles. The van der Waals surface area contributed by atoms with Gasteiger partial charge in [-0.05, 0) is 55.3 Å². The fourth-order valence-electron chi connectivity index (χ4n) is 4.81. The minimum absolute atomic E-state index is 0.0556. The van der Waals surface area contributed by atoms with E-state index in [0.717, 1.165) is 19.1 Å². The van der Waals surface area contributed by atoms with E-state index in [-0.39, 0.29) is 30.6 Å². The molecular formula is C30H37F2N3O7S. The average Bonchev–Trinajstić information content (AvgIpc) is 2.99. The number of hydrogen-bond acceptors (Lipinski definition) is 8. The maximum atomic E-state index is 15.0. The molecule has 1 amide bonds. The molecule has 234 valence electrons. The molecule has 1 saturated heterocycles. The van der Waals surface area contributed by atoms with Gasteiger partial charge in [-0.3, -0.25) is 9.59 Å². The number of amides is 1. The monoisotopic (exact) mass is 621 g/mol. The summed E-state index contributed by atoms with van der Waals surface area (Å²) in [6.45, 7) is 2.78. The minimum Gasteiger partial charge on any atom is -0.383 e. The SMILES string of the molecule is COCCNCc1ccc(-c2ccc3c(=O)n(CC[C@](C)(C(=O)NOC4CCCCO4)S(C)(=O)=O)ccc3c2)c(F)c1F. The van der Waals surface area contributed by atoms with Crippen molar-refractivity contribution in [2.24, 2.45) is 0 Å². The van der Waals surface area contributed by atoms with E-state index < -0.39 is 44.0 Å². The summed E-state index contributed by atoms with van der Waals surface area (Å²) in [5.41, 5.74) is 2.44. The summed E-state index contributed by atoms with van der Waals surface area (Å²) in [6.07, 6.45) is 3.90. The Morgan fingerprint density at radius 3 is 2.65 bits per heavy atom. The van der Waals surface area contributed by atoms with Crippen molar-refractivity contribution in [2.75, 3.05) is 33.1 Å². The highest BCUT2D eigenvalue weighted by atomic mass is 32.2. The number of rotatable bonds is 13. The van der Waals surface area contributed by atoms with Crippen LogP contribution < -0.4 is 16.4 Å². The van der Waals surface area contributed by atoms with Crippen LogP contribution in [-0.2, 0) is 42.0 Å². The van der Waals surface area contributed by atoms with E-state index >= 15 is 4.39 Å². The van der Waals surface area contributed by atoms with E-state index in [2.05, 4.69) is 10.8 Å². The first kappa shape index (κ1) is 32.7. The number of pyridine rings is 1. The van der Waals surface area contributed by atoms with E-state index in [1.165, 1.54) is 42.0 Å². The molecular weight excluding hydrogens is 584 g/mol. The number of hydroxylamine groups is 1. The Hall–Kier alpha value is -3.23. The summed E-state index contributed by atoms with van der Waals surface area (Å²) in [6, 6.07) is 9.27. The van der Waals surface area contributed by atoms with Crippen molar-refractivity contribution in [3.05, 3.63) is 70.1 Å². The van der Waals surface area contributed by atoms with Crippen LogP contribution in [0.15, 0.2) is 47.4 Å². The van der Waals surface area contributed by atoms with E-state index in [4.69, 9.17) is 14.3 Å². The Morgan fingerprint density at radius 1 is 1.16 bits per heavy atom. The molecule has 0 aliphatic carbocycles. The summed E-state index contributed by atoms with van der Waals surface area (Å²) in [5.74, 6) is -2.79. The zero-order valence-corrected chi connectivity index (χ0v) is 25.3. The summed E-state index contributed by atoms with van der Waals surface area (Å²) in [5, 5.41) is 3.78. The van der Waals surface area contributed by atoms with Crippen LogP contribution >= 0.6 is 0 Å². The predicted octanol–water partition coefficient (Wildman–Crippen LogP) is 3.45. The van der Waals surface area contributed by atoms with Gasteiger partial charge in [-0.15, -0.1) is 0 Å². The van der Waals surface area contributed by atoms with Crippen molar-refractivity contribution >= 4 is 26.5 Å². The van der Waals surface area contributed by atoms with Gasteiger partial charge in [0.1, 0.15) is 0 Å². The predicted molar refractivity (Wildman–Crippen MR) is 158 cm³/mol. The Morgan fingerprint density at radius 2 is 1.95 bits per heavy atom. The Bertz CT molecular complexity index is 1620. The first-order valence-corrected chi connectivity index (χ1v) is 15.9. The molecule has 0 saturated carbocycles. The van der Waals surface area contributed by atoms with Crippen molar-refractivity contribution in [2.45, 2.75) is 56.7 Å². The molecule has 13 heteroatoms. The van der Waals surface area contributed by atoms with E-state index in [0.29, 0.717) is 42.5 Å². The topological polar surface area (TPSA) is 125 Å². The van der Waals surface area contributed by atoms with Crippen LogP contribution in [0.3, 0.4) is 0 Å². The van der Waals surface area contributed by atoms with Gasteiger partial charge in [0.2, 0.25) is 0 Å². The number of methoxy groups -OCH3 is 1. The lowest BCUT2D eigenvalue weighted by Crippen LogP contribution is -2.51. The zero-order chi connectivity index (χ0) is 31.2. The van der Waals surface area contributed by atoms with E-state index in [9.17, 15) is 22.4 Å². The van der Waals surface area contributed by atoms with Crippen molar-refractivity contribution in [3.8, 4) is 11.1 Å². The maximum Gasteiger partial charge on any atom is 0.264 e. The van der Waals surface area contributed by atoms with Gasteiger partial charge in [0.15, 0.2) is 32.5 Å². The van der Waals surface area contributed by atoms with Gasteiger partial charge in [-0.2, -0.15) is 0 Å². The smallest absolute Gasteiger partial charge is 0.264 e.